The van der Waals surface area contributed by atoms with Crippen molar-refractivity contribution in [3.05, 3.63) is 97.2 Å². The van der Waals surface area contributed by atoms with Gasteiger partial charge in [0.05, 0.1) is 0 Å². The van der Waals surface area contributed by atoms with Crippen LogP contribution in [0.1, 0.15) is 342 Å². The first-order valence-corrected chi connectivity index (χ1v) is 34.7. The molecule has 0 rings (SSSR count). The highest BCUT2D eigenvalue weighted by Gasteiger charge is 2.19. The largest absolute Gasteiger partial charge is 0.462 e. The molecule has 0 spiro atoms. The van der Waals surface area contributed by atoms with E-state index in [0.717, 1.165) is 122 Å². The molecule has 0 aromatic carbocycles. The van der Waals surface area contributed by atoms with E-state index in [1.54, 1.807) is 0 Å². The zero-order chi connectivity index (χ0) is 58.5. The van der Waals surface area contributed by atoms with Crippen molar-refractivity contribution in [2.45, 2.75) is 348 Å². The maximum Gasteiger partial charge on any atom is 0.306 e. The van der Waals surface area contributed by atoms with Gasteiger partial charge in [0.1, 0.15) is 13.2 Å². The van der Waals surface area contributed by atoms with Crippen molar-refractivity contribution >= 4 is 17.9 Å². The van der Waals surface area contributed by atoms with Crippen molar-refractivity contribution in [1.82, 2.24) is 0 Å². The molecule has 0 N–H and O–H groups in total. The molecule has 6 heteroatoms. The fourth-order valence-electron chi connectivity index (χ4n) is 9.93. The standard InChI is InChI=1S/C75H130O6/c1-4-7-10-13-16-19-22-24-26-28-30-32-34-35-36-37-38-39-41-42-44-46-48-50-53-56-59-62-65-68-74(77)80-71-72(70-79-73(76)67-64-61-58-55-52-21-18-15-12-9-6-3)81-75(78)69-66-63-60-57-54-51-49-47-45-43-40-33-31-29-27-25-23-20-17-14-11-8-5-2/h7,10,16,19,24,26,30,32,35-36,38-39,42,44,48,50,72H,4-6,8-9,11-15,17-18,20-23,25,27-29,31,33-34,37,40-41,43,45-47,49,51-71H2,1-3H3/b10-7-,19-16-,26-24-,32-30-,36-35-,39-38-,44-42-,50-48-. The van der Waals surface area contributed by atoms with E-state index < -0.39 is 6.10 Å². The van der Waals surface area contributed by atoms with Crippen LogP contribution in [0.5, 0.6) is 0 Å². The van der Waals surface area contributed by atoms with Crippen LogP contribution >= 0.6 is 0 Å². The Kier molecular flexibility index (Phi) is 65.7. The van der Waals surface area contributed by atoms with Crippen LogP contribution in [0.25, 0.3) is 0 Å². The van der Waals surface area contributed by atoms with E-state index in [2.05, 4.69) is 118 Å². The Morgan fingerprint density at radius 3 is 0.753 bits per heavy atom. The normalized spacial score (nSPS) is 12.7. The van der Waals surface area contributed by atoms with Crippen LogP contribution in [0.4, 0.5) is 0 Å². The predicted octanol–water partition coefficient (Wildman–Crippen LogP) is 24.0. The molecule has 1 atom stereocenters. The molecular weight excluding hydrogens is 997 g/mol. The molecule has 0 bridgehead atoms. The van der Waals surface area contributed by atoms with Crippen molar-refractivity contribution in [3.8, 4) is 0 Å². The first-order chi connectivity index (χ1) is 40.0. The minimum atomic E-state index is -0.787. The molecule has 81 heavy (non-hydrogen) atoms. The first kappa shape index (κ1) is 77.3. The summed E-state index contributed by atoms with van der Waals surface area (Å²) in [6.45, 7) is 6.54. The van der Waals surface area contributed by atoms with Gasteiger partial charge in [-0.15, -0.1) is 0 Å². The topological polar surface area (TPSA) is 78.9 Å². The average Bonchev–Trinajstić information content (AvgIpc) is 3.47. The van der Waals surface area contributed by atoms with E-state index in [1.807, 2.05) is 0 Å². The molecule has 1 unspecified atom stereocenters. The van der Waals surface area contributed by atoms with Gasteiger partial charge in [0, 0.05) is 19.3 Å². The van der Waals surface area contributed by atoms with Crippen molar-refractivity contribution in [1.29, 1.82) is 0 Å². The van der Waals surface area contributed by atoms with Gasteiger partial charge in [-0.05, 0) is 83.5 Å². The second-order valence-electron chi connectivity index (χ2n) is 23.1. The summed E-state index contributed by atoms with van der Waals surface area (Å²) in [6.07, 6.45) is 92.9. The SMILES string of the molecule is CC/C=C\C/C=C\C/C=C\C/C=C\C/C=C\C/C=C\C/C=C\C/C=C\CCCCCCC(=O)OCC(COC(=O)CCCCCCCCCCCCC)OC(=O)CCCCCCCCCCCCCCCCCCCCCCCCC. The van der Waals surface area contributed by atoms with E-state index in [4.69, 9.17) is 14.2 Å². The zero-order valence-corrected chi connectivity index (χ0v) is 53.5. The van der Waals surface area contributed by atoms with Gasteiger partial charge in [-0.1, -0.05) is 336 Å². The van der Waals surface area contributed by atoms with E-state index in [0.29, 0.717) is 19.3 Å². The minimum Gasteiger partial charge on any atom is -0.462 e. The summed E-state index contributed by atoms with van der Waals surface area (Å²) in [6, 6.07) is 0. The third kappa shape index (κ3) is 67.0. The number of carbonyl (C=O) groups is 3. The Morgan fingerprint density at radius 2 is 0.481 bits per heavy atom. The highest BCUT2D eigenvalue weighted by molar-refractivity contribution is 5.71. The summed E-state index contributed by atoms with van der Waals surface area (Å²) in [5.41, 5.74) is 0. The Labute approximate surface area is 502 Å². The van der Waals surface area contributed by atoms with Crippen LogP contribution < -0.4 is 0 Å². The van der Waals surface area contributed by atoms with Crippen LogP contribution in [0.15, 0.2) is 97.2 Å². The fraction of sp³-hybridized carbons (Fsp3) is 0.747. The highest BCUT2D eigenvalue weighted by Crippen LogP contribution is 2.18. The number of allylic oxidation sites excluding steroid dienone is 16. The van der Waals surface area contributed by atoms with Gasteiger partial charge in [-0.25, -0.2) is 0 Å². The lowest BCUT2D eigenvalue weighted by molar-refractivity contribution is -0.167. The predicted molar refractivity (Wildman–Crippen MR) is 353 cm³/mol. The second kappa shape index (κ2) is 68.8. The van der Waals surface area contributed by atoms with E-state index in [1.165, 1.54) is 180 Å². The van der Waals surface area contributed by atoms with Crippen LogP contribution in [0, 0.1) is 0 Å². The lowest BCUT2D eigenvalue weighted by Crippen LogP contribution is -2.30. The molecule has 0 aromatic rings. The first-order valence-electron chi connectivity index (χ1n) is 34.7. The molecular formula is C75H130O6. The summed E-state index contributed by atoms with van der Waals surface area (Å²) in [5.74, 6) is -0.892. The average molecular weight is 1130 g/mol. The number of unbranched alkanes of at least 4 members (excludes halogenated alkanes) is 36. The van der Waals surface area contributed by atoms with Crippen molar-refractivity contribution in [2.75, 3.05) is 13.2 Å². The third-order valence-electron chi connectivity index (χ3n) is 15.1. The monoisotopic (exact) mass is 1130 g/mol. The Balaban J connectivity index is 4.30. The molecule has 0 amide bonds. The van der Waals surface area contributed by atoms with Crippen molar-refractivity contribution < 1.29 is 28.6 Å². The molecule has 0 aliphatic rings. The van der Waals surface area contributed by atoms with Crippen LogP contribution in [0.2, 0.25) is 0 Å². The number of esters is 3. The molecule has 0 saturated carbocycles. The van der Waals surface area contributed by atoms with Gasteiger partial charge in [-0.3, -0.25) is 14.4 Å². The summed E-state index contributed by atoms with van der Waals surface area (Å²) < 4.78 is 16.9. The van der Waals surface area contributed by atoms with Gasteiger partial charge in [0.25, 0.3) is 0 Å². The number of rotatable bonds is 63. The summed E-state index contributed by atoms with van der Waals surface area (Å²) in [7, 11) is 0. The Morgan fingerprint density at radius 1 is 0.259 bits per heavy atom. The quantitative estimate of drug-likeness (QED) is 0.0261. The van der Waals surface area contributed by atoms with E-state index in [-0.39, 0.29) is 31.1 Å². The van der Waals surface area contributed by atoms with Crippen LogP contribution in [0.3, 0.4) is 0 Å². The Bertz CT molecular complexity index is 1580. The smallest absolute Gasteiger partial charge is 0.306 e. The number of hydrogen-bond donors (Lipinski definition) is 0. The summed E-state index contributed by atoms with van der Waals surface area (Å²) in [5, 5.41) is 0. The molecule has 466 valence electrons. The second-order valence-corrected chi connectivity index (χ2v) is 23.1. The van der Waals surface area contributed by atoms with Crippen LogP contribution in [-0.4, -0.2) is 37.2 Å². The molecule has 0 aromatic heterocycles. The summed E-state index contributed by atoms with van der Waals surface area (Å²) in [4.78, 5) is 38.3. The Hall–Kier alpha value is -3.67. The highest BCUT2D eigenvalue weighted by atomic mass is 16.6. The molecule has 0 heterocycles. The lowest BCUT2D eigenvalue weighted by atomic mass is 10.0. The third-order valence-corrected chi connectivity index (χ3v) is 15.1. The molecule has 0 aliphatic carbocycles. The number of carbonyl (C=O) groups excluding carboxylic acids is 3. The summed E-state index contributed by atoms with van der Waals surface area (Å²) >= 11 is 0. The fourth-order valence-corrected chi connectivity index (χ4v) is 9.93. The molecule has 0 aliphatic heterocycles. The minimum absolute atomic E-state index is 0.0813. The van der Waals surface area contributed by atoms with Gasteiger partial charge in [-0.2, -0.15) is 0 Å². The number of ether oxygens (including phenoxy) is 3. The maximum atomic E-state index is 12.9. The van der Waals surface area contributed by atoms with Gasteiger partial charge in [0.15, 0.2) is 6.10 Å². The van der Waals surface area contributed by atoms with E-state index in [9.17, 15) is 14.4 Å². The van der Waals surface area contributed by atoms with Gasteiger partial charge in [0.2, 0.25) is 0 Å². The van der Waals surface area contributed by atoms with Crippen molar-refractivity contribution in [2.24, 2.45) is 0 Å². The van der Waals surface area contributed by atoms with Crippen molar-refractivity contribution in [3.63, 3.8) is 0 Å². The van der Waals surface area contributed by atoms with Gasteiger partial charge >= 0.3 is 17.9 Å². The van der Waals surface area contributed by atoms with E-state index >= 15 is 0 Å². The molecule has 0 saturated heterocycles. The van der Waals surface area contributed by atoms with Gasteiger partial charge < -0.3 is 14.2 Å². The zero-order valence-electron chi connectivity index (χ0n) is 53.5. The molecule has 6 nitrogen and oxygen atoms in total. The number of hydrogen-bond acceptors (Lipinski definition) is 6. The lowest BCUT2D eigenvalue weighted by Gasteiger charge is -2.18. The van der Waals surface area contributed by atoms with Crippen LogP contribution in [-0.2, 0) is 28.6 Å². The molecule has 0 radical (unpaired) electrons. The molecule has 0 fully saturated rings. The maximum absolute atomic E-state index is 12.9.